The molecule has 0 aliphatic heterocycles. The van der Waals surface area contributed by atoms with Gasteiger partial charge in [0.25, 0.3) is 0 Å². The number of nitrogens with zero attached hydrogens (tertiary/aromatic N) is 1. The van der Waals surface area contributed by atoms with Gasteiger partial charge in [0.1, 0.15) is 11.5 Å². The van der Waals surface area contributed by atoms with Gasteiger partial charge in [-0.1, -0.05) is 12.1 Å². The number of aryl methyl sites for hydroxylation is 3. The zero-order valence-corrected chi connectivity index (χ0v) is 16.1. The van der Waals surface area contributed by atoms with Gasteiger partial charge in [0, 0.05) is 43.0 Å². The monoisotopic (exact) mass is 348 g/mol. The molecule has 0 spiro atoms. The highest BCUT2D eigenvalue weighted by Gasteiger charge is 2.25. The molecule has 0 amide bonds. The number of hydrogen-bond donors (Lipinski definition) is 0. The minimum absolute atomic E-state index is 0.822. The van der Waals surface area contributed by atoms with Gasteiger partial charge in [-0.25, -0.2) is 0 Å². The van der Waals surface area contributed by atoms with Crippen LogP contribution in [-0.4, -0.2) is 14.2 Å². The van der Waals surface area contributed by atoms with Crippen LogP contribution in [0.4, 0.5) is 0 Å². The minimum Gasteiger partial charge on any atom is -0.497 e. The van der Waals surface area contributed by atoms with Crippen LogP contribution in [-0.2, 0) is 12.8 Å². The molecule has 0 saturated carbocycles. The van der Waals surface area contributed by atoms with E-state index in [0.29, 0.717) is 0 Å². The molecular formula is C23H26NO2+. The quantitative estimate of drug-likeness (QED) is 0.644. The zero-order chi connectivity index (χ0) is 18.3. The zero-order valence-electron chi connectivity index (χ0n) is 16.1. The summed E-state index contributed by atoms with van der Waals surface area (Å²) in [5.74, 6) is 1.68. The highest BCUT2D eigenvalue weighted by Crippen LogP contribution is 2.34. The Morgan fingerprint density at radius 2 is 1.73 bits per heavy atom. The molecule has 0 atom stereocenters. The smallest absolute Gasteiger partial charge is 0.214 e. The van der Waals surface area contributed by atoms with E-state index in [2.05, 4.69) is 48.7 Å². The maximum absolute atomic E-state index is 5.70. The molecule has 1 aliphatic carbocycles. The molecule has 0 bridgehead atoms. The van der Waals surface area contributed by atoms with E-state index in [9.17, 15) is 0 Å². The van der Waals surface area contributed by atoms with Crippen molar-refractivity contribution in [3.05, 3.63) is 58.9 Å². The van der Waals surface area contributed by atoms with Gasteiger partial charge < -0.3 is 9.47 Å². The molecule has 0 radical (unpaired) electrons. The van der Waals surface area contributed by atoms with E-state index in [1.165, 1.54) is 47.5 Å². The molecule has 0 fully saturated rings. The highest BCUT2D eigenvalue weighted by atomic mass is 16.5. The van der Waals surface area contributed by atoms with Crippen LogP contribution in [0.2, 0.25) is 0 Å². The van der Waals surface area contributed by atoms with Crippen LogP contribution in [0.3, 0.4) is 0 Å². The van der Waals surface area contributed by atoms with Gasteiger partial charge in [-0.2, -0.15) is 4.57 Å². The number of rotatable bonds is 3. The fourth-order valence-electron chi connectivity index (χ4n) is 4.40. The maximum atomic E-state index is 5.70. The Labute approximate surface area is 155 Å². The molecule has 1 aromatic heterocycles. The number of aromatic nitrogens is 1. The van der Waals surface area contributed by atoms with Crippen molar-refractivity contribution in [3.63, 3.8) is 0 Å². The first-order valence-electron chi connectivity index (χ1n) is 9.33. The van der Waals surface area contributed by atoms with Crippen LogP contribution < -0.4 is 14.0 Å². The summed E-state index contributed by atoms with van der Waals surface area (Å²) in [5, 5.41) is 2.30. The first kappa shape index (κ1) is 16.9. The lowest BCUT2D eigenvalue weighted by Gasteiger charge is -2.18. The summed E-state index contributed by atoms with van der Waals surface area (Å²) in [5.41, 5.74) is 6.75. The minimum atomic E-state index is 0.822. The van der Waals surface area contributed by atoms with Crippen LogP contribution in [0.5, 0.6) is 11.5 Å². The van der Waals surface area contributed by atoms with Crippen molar-refractivity contribution in [2.75, 3.05) is 14.2 Å². The Hall–Kier alpha value is -2.55. The predicted octanol–water partition coefficient (Wildman–Crippen LogP) is 4.63. The Balaban J connectivity index is 2.03. The van der Waals surface area contributed by atoms with Crippen LogP contribution >= 0.6 is 0 Å². The molecule has 0 saturated heterocycles. The summed E-state index contributed by atoms with van der Waals surface area (Å²) in [6.07, 6.45) is 4.92. The van der Waals surface area contributed by atoms with Gasteiger partial charge in [0.15, 0.2) is 11.4 Å². The van der Waals surface area contributed by atoms with Crippen molar-refractivity contribution in [1.29, 1.82) is 0 Å². The van der Waals surface area contributed by atoms with Crippen molar-refractivity contribution in [3.8, 4) is 17.2 Å². The SMILES string of the molecule is COc1cc(OC)c2c(C)[n+](-c3cccc4c3CCCC4)c(C)cc2c1. The van der Waals surface area contributed by atoms with Crippen molar-refractivity contribution >= 4 is 10.8 Å². The van der Waals surface area contributed by atoms with Gasteiger partial charge >= 0.3 is 0 Å². The van der Waals surface area contributed by atoms with E-state index in [0.717, 1.165) is 28.7 Å². The molecule has 3 heteroatoms. The standard InChI is InChI=1S/C23H26NO2/c1-15-12-18-13-19(25-3)14-22(26-4)23(18)16(2)24(15)21-11-7-9-17-8-5-6-10-20(17)21/h7,9,11-14H,5-6,8,10H2,1-4H3/q+1. The normalized spacial score (nSPS) is 13.5. The number of methoxy groups -OCH3 is 2. The van der Waals surface area contributed by atoms with Crippen LogP contribution in [0.1, 0.15) is 35.4 Å². The lowest BCUT2D eigenvalue weighted by molar-refractivity contribution is -0.608. The van der Waals surface area contributed by atoms with Crippen LogP contribution in [0.15, 0.2) is 36.4 Å². The van der Waals surface area contributed by atoms with E-state index in [-0.39, 0.29) is 0 Å². The molecule has 26 heavy (non-hydrogen) atoms. The fourth-order valence-corrected chi connectivity index (χ4v) is 4.40. The molecule has 134 valence electrons. The van der Waals surface area contributed by atoms with E-state index < -0.39 is 0 Å². The summed E-state index contributed by atoms with van der Waals surface area (Å²) >= 11 is 0. The molecule has 1 heterocycles. The summed E-state index contributed by atoms with van der Waals surface area (Å²) in [6, 6.07) is 13.0. The second kappa shape index (κ2) is 6.64. The van der Waals surface area contributed by atoms with E-state index >= 15 is 0 Å². The highest BCUT2D eigenvalue weighted by molar-refractivity contribution is 5.91. The molecule has 4 rings (SSSR count). The summed E-state index contributed by atoms with van der Waals surface area (Å²) in [7, 11) is 3.42. The van der Waals surface area contributed by atoms with E-state index in [1.54, 1.807) is 14.2 Å². The van der Waals surface area contributed by atoms with Gasteiger partial charge in [-0.05, 0) is 37.3 Å². The number of hydrogen-bond acceptors (Lipinski definition) is 2. The van der Waals surface area contributed by atoms with Crippen molar-refractivity contribution in [1.82, 2.24) is 0 Å². The summed E-state index contributed by atoms with van der Waals surface area (Å²) < 4.78 is 13.5. The third-order valence-corrected chi connectivity index (χ3v) is 5.59. The van der Waals surface area contributed by atoms with Crippen LogP contribution in [0.25, 0.3) is 16.5 Å². The number of benzene rings is 2. The molecular weight excluding hydrogens is 322 g/mol. The number of ether oxygens (including phenoxy) is 2. The second-order valence-corrected chi connectivity index (χ2v) is 7.12. The summed E-state index contributed by atoms with van der Waals surface area (Å²) in [4.78, 5) is 0. The average Bonchev–Trinajstić information content (AvgIpc) is 2.67. The lowest BCUT2D eigenvalue weighted by atomic mass is 9.90. The Morgan fingerprint density at radius 1 is 0.923 bits per heavy atom. The Kier molecular flexibility index (Phi) is 4.31. The molecule has 2 aromatic carbocycles. The molecule has 0 N–H and O–H groups in total. The van der Waals surface area contributed by atoms with Crippen molar-refractivity contribution < 1.29 is 14.0 Å². The first-order chi connectivity index (χ1) is 12.6. The average molecular weight is 348 g/mol. The van der Waals surface area contributed by atoms with Gasteiger partial charge in [0.05, 0.1) is 19.6 Å². The predicted molar refractivity (Wildman–Crippen MR) is 105 cm³/mol. The number of pyridine rings is 1. The van der Waals surface area contributed by atoms with Gasteiger partial charge in [0.2, 0.25) is 5.69 Å². The molecule has 3 nitrogen and oxygen atoms in total. The Bertz CT molecular complexity index is 991. The largest absolute Gasteiger partial charge is 0.497 e. The van der Waals surface area contributed by atoms with E-state index in [1.807, 2.05) is 6.07 Å². The van der Waals surface area contributed by atoms with E-state index in [4.69, 9.17) is 9.47 Å². The van der Waals surface area contributed by atoms with Crippen molar-refractivity contribution in [2.24, 2.45) is 0 Å². The molecule has 1 aliphatic rings. The van der Waals surface area contributed by atoms with Gasteiger partial charge in [-0.3, -0.25) is 0 Å². The maximum Gasteiger partial charge on any atom is 0.214 e. The third-order valence-electron chi connectivity index (χ3n) is 5.59. The lowest BCUT2D eigenvalue weighted by Crippen LogP contribution is -2.39. The summed E-state index contributed by atoms with van der Waals surface area (Å²) in [6.45, 7) is 4.37. The van der Waals surface area contributed by atoms with Gasteiger partial charge in [-0.15, -0.1) is 0 Å². The topological polar surface area (TPSA) is 22.3 Å². The fraction of sp³-hybridized carbons (Fsp3) is 0.348. The Morgan fingerprint density at radius 3 is 2.50 bits per heavy atom. The van der Waals surface area contributed by atoms with Crippen LogP contribution in [0, 0.1) is 13.8 Å². The third kappa shape index (κ3) is 2.63. The second-order valence-electron chi connectivity index (χ2n) is 7.12. The first-order valence-corrected chi connectivity index (χ1v) is 9.33. The number of fused-ring (bicyclic) bond motifs is 2. The molecule has 3 aromatic rings. The molecule has 0 unspecified atom stereocenters. The van der Waals surface area contributed by atoms with Crippen molar-refractivity contribution in [2.45, 2.75) is 39.5 Å².